The molecule has 1 saturated carbocycles. The predicted molar refractivity (Wildman–Crippen MR) is 101 cm³/mol. The fraction of sp³-hybridized carbons (Fsp3) is 0.579. The van der Waals surface area contributed by atoms with Crippen molar-refractivity contribution in [2.45, 2.75) is 50.9 Å². The Morgan fingerprint density at radius 1 is 1.04 bits per heavy atom. The van der Waals surface area contributed by atoms with Crippen LogP contribution in [0.2, 0.25) is 0 Å². The Balaban J connectivity index is 0.00000225. The van der Waals surface area contributed by atoms with Crippen LogP contribution in [0.4, 0.5) is 0 Å². The van der Waals surface area contributed by atoms with E-state index in [0.29, 0.717) is 37.6 Å². The normalized spacial score (nSPS) is 19.1. The van der Waals surface area contributed by atoms with Crippen LogP contribution in [0.1, 0.15) is 56.4 Å². The largest absolute Gasteiger partial charge is 0.426 e. The van der Waals surface area contributed by atoms with E-state index in [9.17, 15) is 4.79 Å². The zero-order valence-electron chi connectivity index (χ0n) is 14.6. The molecule has 0 unspecified atom stereocenters. The van der Waals surface area contributed by atoms with Gasteiger partial charge in [0.2, 0.25) is 0 Å². The van der Waals surface area contributed by atoms with Gasteiger partial charge < -0.3 is 15.4 Å². The summed E-state index contributed by atoms with van der Waals surface area (Å²) in [5.41, 5.74) is 6.85. The first kappa shape index (κ1) is 19.6. The number of nitrogens with zero attached hydrogens (tertiary/aromatic N) is 1. The van der Waals surface area contributed by atoms with Gasteiger partial charge in [-0.25, -0.2) is 0 Å². The molecule has 1 aromatic carbocycles. The Kier molecular flexibility index (Phi) is 7.12. The summed E-state index contributed by atoms with van der Waals surface area (Å²) in [6, 6.07) is 8.06. The minimum atomic E-state index is -0.163. The number of guanidine groups is 1. The summed E-state index contributed by atoms with van der Waals surface area (Å²) in [4.78, 5) is 14.1. The fourth-order valence-corrected chi connectivity index (χ4v) is 3.80. The van der Waals surface area contributed by atoms with E-state index in [1.54, 1.807) is 4.90 Å². The van der Waals surface area contributed by atoms with Crippen LogP contribution >= 0.6 is 12.4 Å². The minimum Gasteiger partial charge on any atom is -0.426 e. The van der Waals surface area contributed by atoms with Crippen LogP contribution in [0.5, 0.6) is 5.75 Å². The van der Waals surface area contributed by atoms with E-state index in [0.717, 1.165) is 0 Å². The van der Waals surface area contributed by atoms with E-state index in [2.05, 4.69) is 12.1 Å². The first-order valence-electron chi connectivity index (χ1n) is 9.04. The molecule has 0 aromatic heterocycles. The van der Waals surface area contributed by atoms with Crippen molar-refractivity contribution in [3.8, 4) is 5.75 Å². The van der Waals surface area contributed by atoms with Crippen LogP contribution in [0.15, 0.2) is 24.3 Å². The second kappa shape index (κ2) is 9.09. The van der Waals surface area contributed by atoms with Crippen molar-refractivity contribution < 1.29 is 9.53 Å². The maximum atomic E-state index is 12.3. The third-order valence-electron chi connectivity index (χ3n) is 5.34. The van der Waals surface area contributed by atoms with Gasteiger partial charge >= 0.3 is 5.97 Å². The number of esters is 1. The highest BCUT2D eigenvalue weighted by Gasteiger charge is 2.27. The number of nitrogens with two attached hydrogens (primary N) is 1. The third kappa shape index (κ3) is 5.11. The van der Waals surface area contributed by atoms with Crippen molar-refractivity contribution in [2.24, 2.45) is 11.7 Å². The van der Waals surface area contributed by atoms with E-state index in [1.165, 1.54) is 37.7 Å². The van der Waals surface area contributed by atoms with Gasteiger partial charge in [0.25, 0.3) is 0 Å². The van der Waals surface area contributed by atoms with Crippen molar-refractivity contribution >= 4 is 24.3 Å². The first-order valence-corrected chi connectivity index (χ1v) is 9.04. The smallest absolute Gasteiger partial charge is 0.314 e. The highest BCUT2D eigenvalue weighted by atomic mass is 35.5. The SMILES string of the molecule is Cl.N=C(N)N1CCC(C(=O)Oc2ccc(C3CCCCC3)cc2)CC1. The van der Waals surface area contributed by atoms with Gasteiger partial charge in [-0.05, 0) is 49.3 Å². The molecular formula is C19H28ClN3O2. The number of benzene rings is 1. The predicted octanol–water partition coefficient (Wildman–Crippen LogP) is 3.67. The summed E-state index contributed by atoms with van der Waals surface area (Å²) in [7, 11) is 0. The molecule has 1 saturated heterocycles. The lowest BCUT2D eigenvalue weighted by atomic mass is 9.84. The second-order valence-corrected chi connectivity index (χ2v) is 6.97. The molecule has 3 N–H and O–H groups in total. The van der Waals surface area contributed by atoms with E-state index in [4.69, 9.17) is 15.9 Å². The van der Waals surface area contributed by atoms with Crippen molar-refractivity contribution in [3.63, 3.8) is 0 Å². The van der Waals surface area contributed by atoms with E-state index in [-0.39, 0.29) is 30.3 Å². The van der Waals surface area contributed by atoms with E-state index in [1.807, 2.05) is 12.1 Å². The molecule has 2 fully saturated rings. The summed E-state index contributed by atoms with van der Waals surface area (Å²) in [5.74, 6) is 1.12. The number of hydrogen-bond donors (Lipinski definition) is 2. The van der Waals surface area contributed by atoms with Crippen molar-refractivity contribution in [3.05, 3.63) is 29.8 Å². The van der Waals surface area contributed by atoms with Crippen LogP contribution < -0.4 is 10.5 Å². The molecule has 0 radical (unpaired) electrons. The Morgan fingerprint density at radius 3 is 2.20 bits per heavy atom. The molecule has 1 aliphatic heterocycles. The molecule has 2 aliphatic rings. The van der Waals surface area contributed by atoms with Crippen LogP contribution in [0.25, 0.3) is 0 Å². The number of ether oxygens (including phenoxy) is 1. The standard InChI is InChI=1S/C19H27N3O2.ClH/c20-19(21)22-12-10-16(11-13-22)18(23)24-17-8-6-15(7-9-17)14-4-2-1-3-5-14;/h6-9,14,16H,1-5,10-13H2,(H3,20,21);1H. The second-order valence-electron chi connectivity index (χ2n) is 6.97. The molecule has 0 bridgehead atoms. The van der Waals surface area contributed by atoms with Gasteiger partial charge in [-0.2, -0.15) is 0 Å². The maximum absolute atomic E-state index is 12.3. The molecule has 25 heavy (non-hydrogen) atoms. The lowest BCUT2D eigenvalue weighted by molar-refractivity contribution is -0.140. The Morgan fingerprint density at radius 2 is 1.64 bits per heavy atom. The topological polar surface area (TPSA) is 79.4 Å². The van der Waals surface area contributed by atoms with Gasteiger partial charge in [-0.15, -0.1) is 12.4 Å². The molecule has 6 heteroatoms. The highest BCUT2D eigenvalue weighted by molar-refractivity contribution is 5.85. The van der Waals surface area contributed by atoms with Crippen molar-refractivity contribution in [1.29, 1.82) is 5.41 Å². The Hall–Kier alpha value is -1.75. The zero-order valence-corrected chi connectivity index (χ0v) is 15.4. The molecule has 0 spiro atoms. The van der Waals surface area contributed by atoms with Crippen LogP contribution in [-0.4, -0.2) is 29.9 Å². The number of carbonyl (C=O) groups excluding carboxylic acids is 1. The van der Waals surface area contributed by atoms with Gasteiger partial charge in [-0.1, -0.05) is 31.4 Å². The quantitative estimate of drug-likeness (QED) is 0.370. The molecule has 0 amide bonds. The molecule has 0 atom stereocenters. The number of carbonyl (C=O) groups is 1. The third-order valence-corrected chi connectivity index (χ3v) is 5.34. The summed E-state index contributed by atoms with van der Waals surface area (Å²) in [6.45, 7) is 1.30. The van der Waals surface area contributed by atoms with Gasteiger partial charge in [0, 0.05) is 13.1 Å². The number of rotatable bonds is 3. The zero-order chi connectivity index (χ0) is 16.9. The highest BCUT2D eigenvalue weighted by Crippen LogP contribution is 2.33. The molecule has 138 valence electrons. The van der Waals surface area contributed by atoms with E-state index >= 15 is 0 Å². The minimum absolute atomic E-state index is 0. The van der Waals surface area contributed by atoms with Crippen molar-refractivity contribution in [2.75, 3.05) is 13.1 Å². The fourth-order valence-electron chi connectivity index (χ4n) is 3.80. The van der Waals surface area contributed by atoms with Crippen molar-refractivity contribution in [1.82, 2.24) is 4.90 Å². The maximum Gasteiger partial charge on any atom is 0.314 e. The Bertz CT molecular complexity index is 577. The molecule has 5 nitrogen and oxygen atoms in total. The molecule has 3 rings (SSSR count). The van der Waals surface area contributed by atoms with Crippen LogP contribution in [-0.2, 0) is 4.79 Å². The first-order chi connectivity index (χ1) is 11.6. The summed E-state index contributed by atoms with van der Waals surface area (Å²) in [5, 5.41) is 7.43. The van der Waals surface area contributed by atoms with Gasteiger partial charge in [0.1, 0.15) is 5.75 Å². The number of nitrogens with one attached hydrogen (secondary N) is 1. The lowest BCUT2D eigenvalue weighted by Gasteiger charge is -2.30. The van der Waals surface area contributed by atoms with Crippen LogP contribution in [0, 0.1) is 11.3 Å². The number of likely N-dealkylation sites (tertiary alicyclic amines) is 1. The van der Waals surface area contributed by atoms with Gasteiger partial charge in [-0.3, -0.25) is 10.2 Å². The number of piperidine rings is 1. The summed E-state index contributed by atoms with van der Waals surface area (Å²) < 4.78 is 5.55. The number of halogens is 1. The monoisotopic (exact) mass is 365 g/mol. The van der Waals surface area contributed by atoms with Gasteiger partial charge in [0.15, 0.2) is 5.96 Å². The summed E-state index contributed by atoms with van der Waals surface area (Å²) in [6.07, 6.45) is 7.92. The average molecular weight is 366 g/mol. The molecule has 1 aliphatic carbocycles. The lowest BCUT2D eigenvalue weighted by Crippen LogP contribution is -2.44. The van der Waals surface area contributed by atoms with Gasteiger partial charge in [0.05, 0.1) is 5.92 Å². The molecular weight excluding hydrogens is 338 g/mol. The average Bonchev–Trinajstić information content (AvgIpc) is 2.63. The number of hydrogen-bond acceptors (Lipinski definition) is 3. The molecule has 1 heterocycles. The summed E-state index contributed by atoms with van der Waals surface area (Å²) >= 11 is 0. The van der Waals surface area contributed by atoms with E-state index < -0.39 is 0 Å². The Labute approximate surface area is 155 Å². The molecule has 1 aromatic rings. The van der Waals surface area contributed by atoms with Crippen LogP contribution in [0.3, 0.4) is 0 Å².